The fourth-order valence-corrected chi connectivity index (χ4v) is 5.58. The van der Waals surface area contributed by atoms with Gasteiger partial charge in [-0.1, -0.05) is 63.8 Å². The molecule has 0 amide bonds. The summed E-state index contributed by atoms with van der Waals surface area (Å²) in [5.74, 6) is -4.27. The van der Waals surface area contributed by atoms with Gasteiger partial charge in [-0.3, -0.25) is 0 Å². The van der Waals surface area contributed by atoms with Crippen molar-refractivity contribution in [2.75, 3.05) is 6.61 Å². The van der Waals surface area contributed by atoms with Crippen molar-refractivity contribution in [3.05, 3.63) is 58.2 Å². The molecule has 4 rings (SSSR count). The quantitative estimate of drug-likeness (QED) is 0.260. The van der Waals surface area contributed by atoms with Gasteiger partial charge < -0.3 is 4.74 Å². The topological polar surface area (TPSA) is 9.23 Å². The maximum atomic E-state index is 15.4. The van der Waals surface area contributed by atoms with Crippen LogP contribution in [0.2, 0.25) is 0 Å². The average molecular weight is 477 g/mol. The zero-order chi connectivity index (χ0) is 24.3. The molecule has 0 radical (unpaired) electrons. The molecule has 34 heavy (non-hydrogen) atoms. The number of rotatable bonds is 9. The van der Waals surface area contributed by atoms with Crippen LogP contribution in [0.4, 0.5) is 17.6 Å². The van der Waals surface area contributed by atoms with Gasteiger partial charge in [0.25, 0.3) is 5.92 Å². The van der Waals surface area contributed by atoms with E-state index < -0.39 is 29.5 Å². The third kappa shape index (κ3) is 5.19. The summed E-state index contributed by atoms with van der Waals surface area (Å²) in [6.45, 7) is 4.86. The number of benzene rings is 2. The summed E-state index contributed by atoms with van der Waals surface area (Å²) in [5, 5.41) is 0. The number of halogens is 4. The molecule has 1 fully saturated rings. The van der Waals surface area contributed by atoms with E-state index in [4.69, 9.17) is 4.74 Å². The summed E-state index contributed by atoms with van der Waals surface area (Å²) in [5.41, 5.74) is 0.642. The Balaban J connectivity index is 1.48. The summed E-state index contributed by atoms with van der Waals surface area (Å²) in [6.07, 6.45) is 8.38. The first-order chi connectivity index (χ1) is 16.4. The molecular formula is C29H36F4O. The Morgan fingerprint density at radius 2 is 1.59 bits per heavy atom. The highest BCUT2D eigenvalue weighted by molar-refractivity contribution is 5.75. The van der Waals surface area contributed by atoms with E-state index in [2.05, 4.69) is 6.92 Å². The predicted octanol–water partition coefficient (Wildman–Crippen LogP) is 8.54. The molecule has 1 heterocycles. The number of unbranched alkanes of at least 4 members (excludes halogenated alkanes) is 2. The third-order valence-corrected chi connectivity index (χ3v) is 7.54. The summed E-state index contributed by atoms with van der Waals surface area (Å²) in [4.78, 5) is 0. The number of fused-ring (bicyclic) bond motifs is 3. The van der Waals surface area contributed by atoms with Crippen molar-refractivity contribution >= 4 is 0 Å². The maximum absolute atomic E-state index is 15.4. The molecule has 0 aromatic heterocycles. The largest absolute Gasteiger partial charge is 0.378 e. The molecule has 0 bridgehead atoms. The van der Waals surface area contributed by atoms with Gasteiger partial charge in [-0.05, 0) is 66.7 Å². The van der Waals surface area contributed by atoms with Crippen LogP contribution >= 0.6 is 0 Å². The summed E-state index contributed by atoms with van der Waals surface area (Å²) < 4.78 is 66.7. The van der Waals surface area contributed by atoms with Crippen LogP contribution in [0, 0.1) is 17.6 Å². The standard InChI is InChI=1S/C29H36F4O/c1-3-5-6-8-19-9-13-22(34-18-19)14-10-21-12-16-24-23-15-11-20(7-4-2)27(30)25(23)17-29(32,33)26(24)28(21)31/h11-12,15-16,19,22H,3-10,13-14,17-18H2,1-2H3. The molecule has 186 valence electrons. The lowest BCUT2D eigenvalue weighted by molar-refractivity contribution is -0.0222. The van der Waals surface area contributed by atoms with Crippen molar-refractivity contribution in [1.82, 2.24) is 0 Å². The first kappa shape index (κ1) is 25.2. The Labute approximate surface area is 200 Å². The molecule has 2 aromatic carbocycles. The van der Waals surface area contributed by atoms with Gasteiger partial charge in [0.2, 0.25) is 0 Å². The minimum Gasteiger partial charge on any atom is -0.378 e. The molecule has 0 spiro atoms. The highest BCUT2D eigenvalue weighted by Crippen LogP contribution is 2.48. The highest BCUT2D eigenvalue weighted by atomic mass is 19.3. The Bertz CT molecular complexity index is 992. The Hall–Kier alpha value is -1.88. The molecule has 1 saturated heterocycles. The number of ether oxygens (including phenoxy) is 1. The molecule has 2 aromatic rings. The van der Waals surface area contributed by atoms with Crippen molar-refractivity contribution in [3.63, 3.8) is 0 Å². The van der Waals surface area contributed by atoms with Gasteiger partial charge in [-0.2, -0.15) is 0 Å². The lowest BCUT2D eigenvalue weighted by Gasteiger charge is -2.31. The van der Waals surface area contributed by atoms with E-state index in [1.54, 1.807) is 24.3 Å². The SMILES string of the molecule is CCCCCC1CCC(CCc2ccc3c(c2F)C(F)(F)Cc2c-3ccc(CCC)c2F)OC1. The van der Waals surface area contributed by atoms with E-state index in [0.717, 1.165) is 25.9 Å². The van der Waals surface area contributed by atoms with Crippen molar-refractivity contribution in [1.29, 1.82) is 0 Å². The van der Waals surface area contributed by atoms with Gasteiger partial charge in [-0.25, -0.2) is 17.6 Å². The monoisotopic (exact) mass is 476 g/mol. The van der Waals surface area contributed by atoms with Gasteiger partial charge >= 0.3 is 0 Å². The number of hydrogen-bond donors (Lipinski definition) is 0. The molecule has 1 aliphatic heterocycles. The van der Waals surface area contributed by atoms with Crippen LogP contribution < -0.4 is 0 Å². The molecule has 2 unspecified atom stereocenters. The van der Waals surface area contributed by atoms with E-state index >= 15 is 13.2 Å². The summed E-state index contributed by atoms with van der Waals surface area (Å²) >= 11 is 0. The fourth-order valence-electron chi connectivity index (χ4n) is 5.58. The van der Waals surface area contributed by atoms with Crippen LogP contribution in [0.25, 0.3) is 11.1 Å². The first-order valence-electron chi connectivity index (χ1n) is 13.0. The summed E-state index contributed by atoms with van der Waals surface area (Å²) in [6, 6.07) is 6.45. The zero-order valence-electron chi connectivity index (χ0n) is 20.4. The second-order valence-corrected chi connectivity index (χ2v) is 10.1. The second-order valence-electron chi connectivity index (χ2n) is 10.1. The smallest absolute Gasteiger partial charge is 0.280 e. The second kappa shape index (κ2) is 10.8. The molecule has 2 aliphatic rings. The molecule has 1 nitrogen and oxygen atoms in total. The molecule has 0 N–H and O–H groups in total. The molecule has 2 atom stereocenters. The van der Waals surface area contributed by atoms with E-state index in [0.29, 0.717) is 41.9 Å². The Kier molecular flexibility index (Phi) is 8.01. The molecule has 1 aliphatic carbocycles. The van der Waals surface area contributed by atoms with Crippen LogP contribution in [0.15, 0.2) is 24.3 Å². The third-order valence-electron chi connectivity index (χ3n) is 7.54. The van der Waals surface area contributed by atoms with Crippen molar-refractivity contribution in [2.24, 2.45) is 5.92 Å². The fraction of sp³-hybridized carbons (Fsp3) is 0.586. The van der Waals surface area contributed by atoms with Crippen LogP contribution in [-0.4, -0.2) is 12.7 Å². The number of aryl methyl sites for hydroxylation is 2. The molecular weight excluding hydrogens is 440 g/mol. The lowest BCUT2D eigenvalue weighted by Crippen LogP contribution is -2.27. The van der Waals surface area contributed by atoms with E-state index in [1.165, 1.54) is 25.7 Å². The van der Waals surface area contributed by atoms with E-state index in [9.17, 15) is 4.39 Å². The van der Waals surface area contributed by atoms with Gasteiger partial charge in [0.15, 0.2) is 0 Å². The zero-order valence-corrected chi connectivity index (χ0v) is 20.4. The van der Waals surface area contributed by atoms with Crippen molar-refractivity contribution < 1.29 is 22.3 Å². The molecule has 5 heteroatoms. The highest BCUT2D eigenvalue weighted by Gasteiger charge is 2.44. The van der Waals surface area contributed by atoms with Crippen molar-refractivity contribution in [2.45, 2.75) is 96.5 Å². The Morgan fingerprint density at radius 1 is 0.853 bits per heavy atom. The minimum atomic E-state index is -3.44. The van der Waals surface area contributed by atoms with E-state index in [1.807, 2.05) is 6.92 Å². The predicted molar refractivity (Wildman–Crippen MR) is 128 cm³/mol. The van der Waals surface area contributed by atoms with Crippen LogP contribution in [0.5, 0.6) is 0 Å². The first-order valence-corrected chi connectivity index (χ1v) is 13.0. The normalized spacial score (nSPS) is 21.2. The van der Waals surface area contributed by atoms with Gasteiger partial charge in [-0.15, -0.1) is 0 Å². The van der Waals surface area contributed by atoms with Gasteiger partial charge in [0.05, 0.1) is 11.7 Å². The van der Waals surface area contributed by atoms with Crippen LogP contribution in [0.3, 0.4) is 0 Å². The van der Waals surface area contributed by atoms with E-state index in [-0.39, 0.29) is 17.2 Å². The number of alkyl halides is 2. The maximum Gasteiger partial charge on any atom is 0.280 e. The molecule has 0 saturated carbocycles. The van der Waals surface area contributed by atoms with Crippen LogP contribution in [-0.2, 0) is 29.9 Å². The number of hydrogen-bond acceptors (Lipinski definition) is 1. The van der Waals surface area contributed by atoms with Gasteiger partial charge in [0, 0.05) is 18.6 Å². The van der Waals surface area contributed by atoms with Crippen LogP contribution in [0.1, 0.15) is 87.5 Å². The lowest BCUT2D eigenvalue weighted by atomic mass is 9.80. The van der Waals surface area contributed by atoms with Crippen molar-refractivity contribution in [3.8, 4) is 11.1 Å². The summed E-state index contributed by atoms with van der Waals surface area (Å²) in [7, 11) is 0. The average Bonchev–Trinajstić information content (AvgIpc) is 2.81. The minimum absolute atomic E-state index is 0.000281. The Morgan fingerprint density at radius 3 is 2.26 bits per heavy atom. The van der Waals surface area contributed by atoms with Gasteiger partial charge in [0.1, 0.15) is 11.6 Å².